The Hall–Kier alpha value is -1.77. The Bertz CT molecular complexity index is 861. The zero-order valence-corrected chi connectivity index (χ0v) is 13.2. The summed E-state index contributed by atoms with van der Waals surface area (Å²) in [6.07, 6.45) is 1.59. The molecule has 0 saturated carbocycles. The van der Waals surface area contributed by atoms with Crippen molar-refractivity contribution in [2.45, 2.75) is 15.3 Å². The van der Waals surface area contributed by atoms with Gasteiger partial charge in [0.05, 0.1) is 0 Å². The number of rotatable bonds is 3. The van der Waals surface area contributed by atoms with Crippen molar-refractivity contribution >= 4 is 26.5 Å². The Morgan fingerprint density at radius 3 is 2.17 bits per heavy atom. The van der Waals surface area contributed by atoms with Gasteiger partial charge >= 0.3 is 15.6 Å². The molecule has 0 N–H and O–H groups in total. The molecule has 8 heteroatoms. The number of hydrogen-bond acceptors (Lipinski definition) is 3. The van der Waals surface area contributed by atoms with E-state index in [4.69, 9.17) is 3.63 Å². The van der Waals surface area contributed by atoms with E-state index in [0.717, 1.165) is 0 Å². The molecule has 2 aromatic carbocycles. The highest BCUT2D eigenvalue weighted by molar-refractivity contribution is 8.35. The largest absolute Gasteiger partial charge is 0.524 e. The van der Waals surface area contributed by atoms with E-state index in [1.807, 2.05) is 0 Å². The fraction of sp³-hybridized carbons (Fsp3) is 0.0667. The maximum Gasteiger partial charge on any atom is 0.524 e. The van der Waals surface area contributed by atoms with Crippen LogP contribution in [0.15, 0.2) is 69.8 Å². The van der Waals surface area contributed by atoms with Gasteiger partial charge in [0, 0.05) is 9.79 Å². The number of benzene rings is 2. The molecule has 23 heavy (non-hydrogen) atoms. The molecule has 0 spiro atoms. The minimum absolute atomic E-state index is 0.383. The van der Waals surface area contributed by atoms with Crippen LogP contribution in [-0.4, -0.2) is 13.9 Å². The maximum absolute atomic E-state index is 12.8. The van der Waals surface area contributed by atoms with Crippen LogP contribution in [0.2, 0.25) is 0 Å². The maximum atomic E-state index is 12.8. The van der Waals surface area contributed by atoms with E-state index < -0.39 is 25.9 Å². The van der Waals surface area contributed by atoms with Crippen molar-refractivity contribution in [2.24, 2.45) is 0 Å². The van der Waals surface area contributed by atoms with Gasteiger partial charge in [-0.2, -0.15) is 21.6 Å². The molecule has 3 nitrogen and oxygen atoms in total. The molecule has 0 aliphatic carbocycles. The Morgan fingerprint density at radius 2 is 1.52 bits per heavy atom. The second-order valence-corrected chi connectivity index (χ2v) is 9.02. The number of hydrogen-bond donors (Lipinski definition) is 0. The van der Waals surface area contributed by atoms with E-state index in [1.165, 1.54) is 5.41 Å². The average molecular weight is 360 g/mol. The van der Waals surface area contributed by atoms with E-state index in [-0.39, 0.29) is 0 Å². The lowest BCUT2D eigenvalue weighted by atomic mass is 10.2. The molecule has 3 rings (SSSR count). The minimum Gasteiger partial charge on any atom is -0.200 e. The van der Waals surface area contributed by atoms with Crippen LogP contribution in [0, 0.1) is 0 Å². The molecule has 1 atom stereocenters. The predicted molar refractivity (Wildman–Crippen MR) is 82.1 cm³/mol. The molecule has 1 aliphatic rings. The third kappa shape index (κ3) is 2.66. The standard InChI is InChI=1S/C15H11F3O3S2/c16-15(17,18)23(19,20)21-22(13-7-2-1-3-8-13)11-10-12-6-4-5-9-14(12)22/h1-11H. The molecule has 0 aromatic heterocycles. The van der Waals surface area contributed by atoms with Crippen LogP contribution in [0.4, 0.5) is 13.2 Å². The first-order valence-electron chi connectivity index (χ1n) is 6.44. The smallest absolute Gasteiger partial charge is 0.200 e. The molecule has 1 unspecified atom stereocenters. The van der Waals surface area contributed by atoms with Crippen LogP contribution >= 0.6 is 10.3 Å². The highest BCUT2D eigenvalue weighted by Gasteiger charge is 2.52. The summed E-state index contributed by atoms with van der Waals surface area (Å²) < 4.78 is 66.6. The molecule has 0 amide bonds. The van der Waals surface area contributed by atoms with Crippen LogP contribution in [0.25, 0.3) is 6.08 Å². The summed E-state index contributed by atoms with van der Waals surface area (Å²) in [5.41, 5.74) is -4.84. The normalized spacial score (nSPS) is 23.3. The lowest BCUT2D eigenvalue weighted by Crippen LogP contribution is -2.26. The van der Waals surface area contributed by atoms with Gasteiger partial charge in [0.2, 0.25) is 0 Å². The molecule has 0 saturated heterocycles. The van der Waals surface area contributed by atoms with E-state index in [2.05, 4.69) is 0 Å². The van der Waals surface area contributed by atoms with E-state index in [0.29, 0.717) is 15.4 Å². The molecular weight excluding hydrogens is 349 g/mol. The highest BCUT2D eigenvalue weighted by atomic mass is 32.3. The average Bonchev–Trinajstić information content (AvgIpc) is 2.87. The van der Waals surface area contributed by atoms with Gasteiger partial charge in [0.25, 0.3) is 0 Å². The Morgan fingerprint density at radius 1 is 0.913 bits per heavy atom. The van der Waals surface area contributed by atoms with Crippen LogP contribution in [0.5, 0.6) is 0 Å². The summed E-state index contributed by atoms with van der Waals surface area (Å²) in [6, 6.07) is 14.7. The molecule has 1 heterocycles. The molecule has 0 bridgehead atoms. The minimum atomic E-state index is -5.74. The van der Waals surface area contributed by atoms with Crippen molar-refractivity contribution in [1.29, 1.82) is 0 Å². The SMILES string of the molecule is O=S(=O)(OS1(c2ccccc2)C=Cc2ccccc21)C(F)(F)F. The van der Waals surface area contributed by atoms with Gasteiger partial charge in [-0.3, -0.25) is 0 Å². The first kappa shape index (κ1) is 16.1. The van der Waals surface area contributed by atoms with Crippen molar-refractivity contribution in [3.8, 4) is 0 Å². The quantitative estimate of drug-likeness (QED) is 0.747. The van der Waals surface area contributed by atoms with Crippen LogP contribution in [0.1, 0.15) is 5.56 Å². The molecule has 2 aromatic rings. The molecular formula is C15H11F3O3S2. The van der Waals surface area contributed by atoms with Gasteiger partial charge in [0.1, 0.15) is 0 Å². The molecule has 122 valence electrons. The van der Waals surface area contributed by atoms with Crippen molar-refractivity contribution < 1.29 is 25.2 Å². The second-order valence-electron chi connectivity index (χ2n) is 4.72. The summed E-state index contributed by atoms with van der Waals surface area (Å²) in [6.45, 7) is 0. The van der Waals surface area contributed by atoms with Crippen molar-refractivity contribution in [1.82, 2.24) is 0 Å². The first-order chi connectivity index (χ1) is 10.8. The monoisotopic (exact) mass is 360 g/mol. The van der Waals surface area contributed by atoms with E-state index in [9.17, 15) is 21.6 Å². The Labute approximate surface area is 133 Å². The van der Waals surface area contributed by atoms with E-state index in [1.54, 1.807) is 60.7 Å². The van der Waals surface area contributed by atoms with Crippen LogP contribution in [-0.2, 0) is 13.7 Å². The Balaban J connectivity index is 2.21. The fourth-order valence-corrected chi connectivity index (χ4v) is 6.70. The van der Waals surface area contributed by atoms with Crippen molar-refractivity contribution in [3.63, 3.8) is 0 Å². The third-order valence-corrected chi connectivity index (χ3v) is 7.92. The van der Waals surface area contributed by atoms with Crippen LogP contribution in [0.3, 0.4) is 0 Å². The van der Waals surface area contributed by atoms with Gasteiger partial charge in [-0.1, -0.05) is 36.4 Å². The Kier molecular flexibility index (Phi) is 3.78. The predicted octanol–water partition coefficient (Wildman–Crippen LogP) is 4.67. The van der Waals surface area contributed by atoms with Crippen molar-refractivity contribution in [3.05, 3.63) is 65.6 Å². The summed E-state index contributed by atoms with van der Waals surface area (Å²) in [7, 11) is -8.67. The van der Waals surface area contributed by atoms with E-state index >= 15 is 0 Å². The number of alkyl halides is 3. The highest BCUT2D eigenvalue weighted by Crippen LogP contribution is 2.70. The van der Waals surface area contributed by atoms with Gasteiger partial charge in [-0.25, -0.2) is 3.63 Å². The van der Waals surface area contributed by atoms with Gasteiger partial charge in [0.15, 0.2) is 0 Å². The number of halogens is 3. The van der Waals surface area contributed by atoms with Gasteiger partial charge in [-0.05, 0) is 45.6 Å². The lowest BCUT2D eigenvalue weighted by Gasteiger charge is -2.34. The topological polar surface area (TPSA) is 43.4 Å². The zero-order chi connectivity index (χ0) is 16.7. The summed E-state index contributed by atoms with van der Waals surface area (Å²) in [4.78, 5) is 0.813. The fourth-order valence-electron chi connectivity index (χ4n) is 2.24. The van der Waals surface area contributed by atoms with Crippen LogP contribution < -0.4 is 0 Å². The lowest BCUT2D eigenvalue weighted by molar-refractivity contribution is -0.0495. The summed E-state index contributed by atoms with van der Waals surface area (Å²) in [5.74, 6) is 0. The summed E-state index contributed by atoms with van der Waals surface area (Å²) in [5, 5.41) is 1.41. The third-order valence-electron chi connectivity index (χ3n) is 3.26. The first-order valence-corrected chi connectivity index (χ1v) is 9.47. The zero-order valence-electron chi connectivity index (χ0n) is 11.5. The number of fused-ring (bicyclic) bond motifs is 1. The summed E-state index contributed by atoms with van der Waals surface area (Å²) >= 11 is 0. The molecule has 0 radical (unpaired) electrons. The van der Waals surface area contributed by atoms with Gasteiger partial charge < -0.3 is 0 Å². The molecule has 1 aliphatic heterocycles. The second kappa shape index (κ2) is 5.40. The van der Waals surface area contributed by atoms with Crippen molar-refractivity contribution in [2.75, 3.05) is 0 Å². The van der Waals surface area contributed by atoms with Gasteiger partial charge in [-0.15, -0.1) is 0 Å². The molecule has 0 fully saturated rings.